The van der Waals surface area contributed by atoms with Gasteiger partial charge in [-0.2, -0.15) is 0 Å². The Hall–Kier alpha value is -0.490. The molecule has 0 unspecified atom stereocenters. The van der Waals surface area contributed by atoms with Gasteiger partial charge in [0.25, 0.3) is 0 Å². The number of halogens is 2. The SMILES string of the molecule is Nc1ccc(Cl)cc1SCc1nnsc1Cl. The summed E-state index contributed by atoms with van der Waals surface area (Å²) in [7, 11) is 0. The van der Waals surface area contributed by atoms with Crippen LogP contribution in [0.15, 0.2) is 23.1 Å². The second-order valence-electron chi connectivity index (χ2n) is 2.96. The van der Waals surface area contributed by atoms with Crippen molar-refractivity contribution in [3.05, 3.63) is 33.3 Å². The Morgan fingerprint density at radius 2 is 2.19 bits per heavy atom. The second-order valence-corrected chi connectivity index (χ2v) is 5.77. The van der Waals surface area contributed by atoms with Gasteiger partial charge in [-0.15, -0.1) is 16.9 Å². The summed E-state index contributed by atoms with van der Waals surface area (Å²) in [6, 6.07) is 5.37. The van der Waals surface area contributed by atoms with Crippen molar-refractivity contribution in [1.29, 1.82) is 0 Å². The number of nitrogens with two attached hydrogens (primary N) is 1. The fourth-order valence-corrected chi connectivity index (χ4v) is 3.04. The molecule has 0 aliphatic carbocycles. The van der Waals surface area contributed by atoms with Gasteiger partial charge in [0.2, 0.25) is 0 Å². The molecule has 0 amide bonds. The molecule has 2 rings (SSSR count). The molecule has 0 bridgehead atoms. The van der Waals surface area contributed by atoms with Crippen molar-refractivity contribution in [2.75, 3.05) is 5.73 Å². The predicted molar refractivity (Wildman–Crippen MR) is 70.3 cm³/mol. The van der Waals surface area contributed by atoms with Crippen LogP contribution in [0.3, 0.4) is 0 Å². The van der Waals surface area contributed by atoms with Crippen LogP contribution in [0.4, 0.5) is 5.69 Å². The quantitative estimate of drug-likeness (QED) is 0.692. The van der Waals surface area contributed by atoms with E-state index in [-0.39, 0.29) is 0 Å². The summed E-state index contributed by atoms with van der Waals surface area (Å²) in [5, 5.41) is 4.59. The van der Waals surface area contributed by atoms with Gasteiger partial charge < -0.3 is 5.73 Å². The number of benzene rings is 1. The summed E-state index contributed by atoms with van der Waals surface area (Å²) in [6.07, 6.45) is 0. The lowest BCUT2D eigenvalue weighted by atomic mass is 10.3. The molecular weight excluding hydrogens is 285 g/mol. The second kappa shape index (κ2) is 5.23. The Balaban J connectivity index is 2.10. The van der Waals surface area contributed by atoms with Crippen LogP contribution >= 0.6 is 46.5 Å². The molecule has 2 aromatic rings. The first-order valence-corrected chi connectivity index (χ1v) is 6.83. The summed E-state index contributed by atoms with van der Waals surface area (Å²) >= 11 is 14.5. The van der Waals surface area contributed by atoms with Crippen LogP contribution < -0.4 is 5.73 Å². The third-order valence-electron chi connectivity index (χ3n) is 1.85. The van der Waals surface area contributed by atoms with Crippen molar-refractivity contribution in [3.8, 4) is 0 Å². The van der Waals surface area contributed by atoms with E-state index < -0.39 is 0 Å². The smallest absolute Gasteiger partial charge is 0.138 e. The van der Waals surface area contributed by atoms with Gasteiger partial charge in [0.1, 0.15) is 10.0 Å². The molecule has 0 atom stereocenters. The Labute approximate surface area is 111 Å². The highest BCUT2D eigenvalue weighted by Gasteiger charge is 2.07. The van der Waals surface area contributed by atoms with E-state index in [0.717, 1.165) is 10.6 Å². The first-order valence-electron chi connectivity index (χ1n) is 4.31. The van der Waals surface area contributed by atoms with Crippen LogP contribution in [0.1, 0.15) is 5.69 Å². The molecule has 0 saturated carbocycles. The highest BCUT2D eigenvalue weighted by molar-refractivity contribution is 7.98. The minimum Gasteiger partial charge on any atom is -0.398 e. The molecule has 1 aromatic heterocycles. The normalized spacial score (nSPS) is 10.6. The van der Waals surface area contributed by atoms with E-state index >= 15 is 0 Å². The zero-order valence-corrected chi connectivity index (χ0v) is 11.1. The maximum Gasteiger partial charge on any atom is 0.138 e. The van der Waals surface area contributed by atoms with Crippen molar-refractivity contribution in [2.45, 2.75) is 10.6 Å². The summed E-state index contributed by atoms with van der Waals surface area (Å²) in [5.74, 6) is 0.639. The fraction of sp³-hybridized carbons (Fsp3) is 0.111. The van der Waals surface area contributed by atoms with Crippen LogP contribution in [0.5, 0.6) is 0 Å². The molecule has 1 aromatic carbocycles. The Morgan fingerprint density at radius 3 is 2.88 bits per heavy atom. The lowest BCUT2D eigenvalue weighted by Gasteiger charge is -2.04. The number of anilines is 1. The Kier molecular flexibility index (Phi) is 3.91. The van der Waals surface area contributed by atoms with Crippen LogP contribution in [-0.4, -0.2) is 9.59 Å². The average Bonchev–Trinajstić information content (AvgIpc) is 2.66. The predicted octanol–water partition coefficient (Wildman–Crippen LogP) is 3.72. The van der Waals surface area contributed by atoms with E-state index in [4.69, 9.17) is 28.9 Å². The van der Waals surface area contributed by atoms with Gasteiger partial charge in [-0.3, -0.25) is 0 Å². The van der Waals surface area contributed by atoms with Crippen LogP contribution in [0, 0.1) is 0 Å². The number of rotatable bonds is 3. The topological polar surface area (TPSA) is 51.8 Å². The van der Waals surface area contributed by atoms with Crippen molar-refractivity contribution in [1.82, 2.24) is 9.59 Å². The van der Waals surface area contributed by atoms with E-state index in [1.807, 2.05) is 6.07 Å². The highest BCUT2D eigenvalue weighted by atomic mass is 35.5. The van der Waals surface area contributed by atoms with E-state index in [0.29, 0.717) is 20.8 Å². The van der Waals surface area contributed by atoms with Gasteiger partial charge >= 0.3 is 0 Å². The minimum atomic E-state index is 0.619. The zero-order valence-electron chi connectivity index (χ0n) is 7.98. The molecule has 0 fully saturated rings. The zero-order chi connectivity index (χ0) is 11.5. The number of nitrogens with zero attached hydrogens (tertiary/aromatic N) is 2. The molecular formula is C9H7Cl2N3S2. The Bertz CT molecular complexity index is 501. The molecule has 0 radical (unpaired) electrons. The average molecular weight is 292 g/mol. The summed E-state index contributed by atoms with van der Waals surface area (Å²) in [6.45, 7) is 0. The lowest BCUT2D eigenvalue weighted by molar-refractivity contribution is 1.07. The van der Waals surface area contributed by atoms with Crippen molar-refractivity contribution < 1.29 is 0 Å². The molecule has 2 N–H and O–H groups in total. The molecule has 0 spiro atoms. The largest absolute Gasteiger partial charge is 0.398 e. The maximum absolute atomic E-state index is 5.90. The Morgan fingerprint density at radius 1 is 1.38 bits per heavy atom. The van der Waals surface area contributed by atoms with E-state index in [1.165, 1.54) is 11.5 Å². The first-order chi connectivity index (χ1) is 7.66. The van der Waals surface area contributed by atoms with Crippen LogP contribution in [0.2, 0.25) is 9.36 Å². The van der Waals surface area contributed by atoms with Gasteiger partial charge in [-0.1, -0.05) is 27.7 Å². The highest BCUT2D eigenvalue weighted by Crippen LogP contribution is 2.32. The monoisotopic (exact) mass is 291 g/mol. The summed E-state index contributed by atoms with van der Waals surface area (Å²) in [4.78, 5) is 0.927. The minimum absolute atomic E-state index is 0.619. The molecule has 0 aliphatic heterocycles. The van der Waals surface area contributed by atoms with Crippen LogP contribution in [0.25, 0.3) is 0 Å². The molecule has 7 heteroatoms. The molecule has 84 valence electrons. The summed E-state index contributed by atoms with van der Waals surface area (Å²) in [5.41, 5.74) is 7.30. The molecule has 0 aliphatic rings. The summed E-state index contributed by atoms with van der Waals surface area (Å²) < 4.78 is 4.38. The third-order valence-corrected chi connectivity index (χ3v) is 4.15. The van der Waals surface area contributed by atoms with Crippen molar-refractivity contribution in [3.63, 3.8) is 0 Å². The number of aromatic nitrogens is 2. The molecule has 0 saturated heterocycles. The van der Waals surface area contributed by atoms with E-state index in [2.05, 4.69) is 9.59 Å². The van der Waals surface area contributed by atoms with Gasteiger partial charge in [0.05, 0.1) is 0 Å². The van der Waals surface area contributed by atoms with Gasteiger partial charge in [-0.25, -0.2) is 0 Å². The van der Waals surface area contributed by atoms with Gasteiger partial charge in [-0.05, 0) is 18.2 Å². The van der Waals surface area contributed by atoms with Crippen molar-refractivity contribution in [2.24, 2.45) is 0 Å². The van der Waals surface area contributed by atoms with Gasteiger partial charge in [0.15, 0.2) is 0 Å². The van der Waals surface area contributed by atoms with E-state index in [9.17, 15) is 0 Å². The lowest BCUT2D eigenvalue weighted by Crippen LogP contribution is -1.89. The molecule has 1 heterocycles. The molecule has 3 nitrogen and oxygen atoms in total. The van der Waals surface area contributed by atoms with E-state index in [1.54, 1.807) is 23.9 Å². The fourth-order valence-electron chi connectivity index (χ4n) is 1.06. The number of nitrogen functional groups attached to an aromatic ring is 1. The number of thioether (sulfide) groups is 1. The number of hydrogen-bond donors (Lipinski definition) is 1. The molecule has 16 heavy (non-hydrogen) atoms. The third kappa shape index (κ3) is 2.79. The van der Waals surface area contributed by atoms with Crippen molar-refractivity contribution >= 4 is 52.2 Å². The first kappa shape index (κ1) is 12.0. The van der Waals surface area contributed by atoms with Crippen LogP contribution in [-0.2, 0) is 5.75 Å². The maximum atomic E-state index is 5.90. The van der Waals surface area contributed by atoms with Gasteiger partial charge in [0, 0.05) is 32.9 Å². The standard InChI is InChI=1S/C9H7Cl2N3S2/c10-5-1-2-6(12)8(3-5)15-4-7-9(11)16-14-13-7/h1-3H,4,12H2. The number of hydrogen-bond acceptors (Lipinski definition) is 5.